The zero-order valence-electron chi connectivity index (χ0n) is 12.4. The Hall–Kier alpha value is -0.200. The van der Waals surface area contributed by atoms with Gasteiger partial charge in [-0.3, -0.25) is 16.0 Å². The van der Waals surface area contributed by atoms with Gasteiger partial charge < -0.3 is 10.8 Å². The largest absolute Gasteiger partial charge is 0.379 e. The van der Waals surface area contributed by atoms with Crippen LogP contribution in [0.2, 0.25) is 0 Å². The van der Waals surface area contributed by atoms with Crippen molar-refractivity contribution in [2.75, 3.05) is 0 Å². The van der Waals surface area contributed by atoms with Crippen molar-refractivity contribution < 1.29 is 5.11 Å². The molecule has 0 aromatic carbocycles. The maximum atomic E-state index is 9.67. The highest BCUT2D eigenvalue weighted by Crippen LogP contribution is 2.00. The molecule has 0 amide bonds. The van der Waals surface area contributed by atoms with E-state index in [1.807, 2.05) is 6.92 Å². The van der Waals surface area contributed by atoms with Crippen molar-refractivity contribution in [2.45, 2.75) is 84.5 Å². The summed E-state index contributed by atoms with van der Waals surface area (Å²) in [6.45, 7) is 8.28. The molecule has 0 aliphatic heterocycles. The summed E-state index contributed by atoms with van der Waals surface area (Å²) in [5, 5.41) is 19.7. The molecule has 0 saturated heterocycles. The van der Waals surface area contributed by atoms with Crippen molar-refractivity contribution in [3.05, 3.63) is 0 Å². The number of aliphatic hydroxyl groups is 1. The molecular weight excluding hydrogens is 228 g/mol. The number of nitrogens with one attached hydrogen (secondary N) is 3. The highest BCUT2D eigenvalue weighted by molar-refractivity contribution is 4.73. The SMILES string of the molecule is CCCC(NC(O)CC)NC(CC)NC(N)CC. The van der Waals surface area contributed by atoms with Crippen LogP contribution < -0.4 is 21.7 Å². The molecule has 0 heterocycles. The van der Waals surface area contributed by atoms with Crippen molar-refractivity contribution in [3.63, 3.8) is 0 Å². The Labute approximate surface area is 112 Å². The number of aliphatic hydroxyl groups excluding tert-OH is 1. The van der Waals surface area contributed by atoms with Crippen LogP contribution in [-0.2, 0) is 0 Å². The van der Waals surface area contributed by atoms with E-state index in [0.717, 1.165) is 25.7 Å². The normalized spacial score (nSPS) is 18.3. The molecule has 5 nitrogen and oxygen atoms in total. The fourth-order valence-electron chi connectivity index (χ4n) is 1.76. The van der Waals surface area contributed by atoms with Gasteiger partial charge in [0.05, 0.1) is 18.5 Å². The molecule has 0 aromatic rings. The topological polar surface area (TPSA) is 82.3 Å². The molecule has 0 aliphatic carbocycles. The monoisotopic (exact) mass is 260 g/mol. The van der Waals surface area contributed by atoms with Gasteiger partial charge in [0.1, 0.15) is 6.23 Å². The molecule has 0 bridgehead atoms. The maximum absolute atomic E-state index is 9.67. The summed E-state index contributed by atoms with van der Waals surface area (Å²) in [5.74, 6) is 0. The van der Waals surface area contributed by atoms with E-state index in [4.69, 9.17) is 5.73 Å². The van der Waals surface area contributed by atoms with E-state index in [1.165, 1.54) is 0 Å². The first-order valence-electron chi connectivity index (χ1n) is 7.29. The van der Waals surface area contributed by atoms with Crippen LogP contribution in [0.25, 0.3) is 0 Å². The number of rotatable bonds is 11. The highest BCUT2D eigenvalue weighted by atomic mass is 16.3. The summed E-state index contributed by atoms with van der Waals surface area (Å²) in [4.78, 5) is 0. The molecule has 18 heavy (non-hydrogen) atoms. The van der Waals surface area contributed by atoms with E-state index in [9.17, 15) is 5.11 Å². The summed E-state index contributed by atoms with van der Waals surface area (Å²) in [6, 6.07) is 0. The lowest BCUT2D eigenvalue weighted by molar-refractivity contribution is 0.102. The van der Waals surface area contributed by atoms with Gasteiger partial charge in [-0.2, -0.15) is 0 Å². The third kappa shape index (κ3) is 8.00. The van der Waals surface area contributed by atoms with Gasteiger partial charge in [0.25, 0.3) is 0 Å². The van der Waals surface area contributed by atoms with Crippen molar-refractivity contribution in [3.8, 4) is 0 Å². The van der Waals surface area contributed by atoms with E-state index >= 15 is 0 Å². The Kier molecular flexibility index (Phi) is 10.6. The first-order valence-corrected chi connectivity index (χ1v) is 7.29. The lowest BCUT2D eigenvalue weighted by atomic mass is 10.2. The van der Waals surface area contributed by atoms with Crippen LogP contribution in [0.5, 0.6) is 0 Å². The standard InChI is InChI=1S/C13H32N4O/c1-5-9-12(17-13(18)8-4)16-11(7-3)15-10(14)6-2/h10-13,15-18H,5-9,14H2,1-4H3. The quantitative estimate of drug-likeness (QED) is 0.359. The van der Waals surface area contributed by atoms with Crippen LogP contribution in [0.1, 0.15) is 59.8 Å². The zero-order valence-corrected chi connectivity index (χ0v) is 12.4. The molecule has 110 valence electrons. The Morgan fingerprint density at radius 1 is 0.889 bits per heavy atom. The predicted octanol–water partition coefficient (Wildman–Crippen LogP) is 1.04. The zero-order chi connectivity index (χ0) is 14.0. The summed E-state index contributed by atoms with van der Waals surface area (Å²) >= 11 is 0. The van der Waals surface area contributed by atoms with Crippen LogP contribution in [0.4, 0.5) is 0 Å². The molecule has 0 radical (unpaired) electrons. The Balaban J connectivity index is 4.24. The van der Waals surface area contributed by atoms with Gasteiger partial charge in [0, 0.05) is 0 Å². The first kappa shape index (κ1) is 17.8. The molecule has 0 aliphatic rings. The number of hydrogen-bond acceptors (Lipinski definition) is 5. The van der Waals surface area contributed by atoms with Gasteiger partial charge in [-0.05, 0) is 25.7 Å². The smallest absolute Gasteiger partial charge is 0.105 e. The molecule has 5 heteroatoms. The third-order valence-electron chi connectivity index (χ3n) is 3.02. The Morgan fingerprint density at radius 2 is 1.56 bits per heavy atom. The van der Waals surface area contributed by atoms with Crippen LogP contribution >= 0.6 is 0 Å². The molecule has 0 rings (SSSR count). The molecule has 4 unspecified atom stereocenters. The van der Waals surface area contributed by atoms with Crippen molar-refractivity contribution in [1.82, 2.24) is 16.0 Å². The summed E-state index contributed by atoms with van der Waals surface area (Å²) in [5.41, 5.74) is 5.91. The third-order valence-corrected chi connectivity index (χ3v) is 3.02. The first-order chi connectivity index (χ1) is 8.57. The van der Waals surface area contributed by atoms with E-state index in [1.54, 1.807) is 0 Å². The maximum Gasteiger partial charge on any atom is 0.105 e. The van der Waals surface area contributed by atoms with E-state index in [-0.39, 0.29) is 18.5 Å². The minimum atomic E-state index is -0.452. The van der Waals surface area contributed by atoms with E-state index in [0.29, 0.717) is 6.42 Å². The van der Waals surface area contributed by atoms with E-state index < -0.39 is 6.23 Å². The highest BCUT2D eigenvalue weighted by Gasteiger charge is 2.16. The molecule has 4 atom stereocenters. The second kappa shape index (κ2) is 10.7. The van der Waals surface area contributed by atoms with Gasteiger partial charge >= 0.3 is 0 Å². The minimum Gasteiger partial charge on any atom is -0.379 e. The van der Waals surface area contributed by atoms with Crippen molar-refractivity contribution >= 4 is 0 Å². The van der Waals surface area contributed by atoms with Crippen molar-refractivity contribution in [2.24, 2.45) is 5.73 Å². The molecule has 0 fully saturated rings. The van der Waals surface area contributed by atoms with Gasteiger partial charge in [0.15, 0.2) is 0 Å². The van der Waals surface area contributed by atoms with Crippen LogP contribution in [-0.4, -0.2) is 29.8 Å². The summed E-state index contributed by atoms with van der Waals surface area (Å²) in [7, 11) is 0. The van der Waals surface area contributed by atoms with Crippen LogP contribution in [0, 0.1) is 0 Å². The lowest BCUT2D eigenvalue weighted by Gasteiger charge is -2.30. The summed E-state index contributed by atoms with van der Waals surface area (Å²) in [6.07, 6.45) is 4.47. The van der Waals surface area contributed by atoms with E-state index in [2.05, 4.69) is 36.7 Å². The molecular formula is C13H32N4O. The minimum absolute atomic E-state index is 0.0147. The van der Waals surface area contributed by atoms with Crippen LogP contribution in [0.3, 0.4) is 0 Å². The van der Waals surface area contributed by atoms with Gasteiger partial charge in [-0.25, -0.2) is 0 Å². The Bertz CT molecular complexity index is 192. The number of hydrogen-bond donors (Lipinski definition) is 5. The average Bonchev–Trinajstić information content (AvgIpc) is 2.37. The van der Waals surface area contributed by atoms with Gasteiger partial charge in [-0.15, -0.1) is 0 Å². The van der Waals surface area contributed by atoms with Crippen LogP contribution in [0.15, 0.2) is 0 Å². The Morgan fingerprint density at radius 3 is 2.00 bits per heavy atom. The fraction of sp³-hybridized carbons (Fsp3) is 1.00. The van der Waals surface area contributed by atoms with Gasteiger partial charge in [-0.1, -0.05) is 34.1 Å². The molecule has 6 N–H and O–H groups in total. The van der Waals surface area contributed by atoms with Gasteiger partial charge in [0.2, 0.25) is 0 Å². The molecule has 0 aromatic heterocycles. The molecule has 0 saturated carbocycles. The second-order valence-electron chi connectivity index (χ2n) is 4.74. The fourth-order valence-corrected chi connectivity index (χ4v) is 1.76. The predicted molar refractivity (Wildman–Crippen MR) is 76.7 cm³/mol. The number of nitrogens with two attached hydrogens (primary N) is 1. The van der Waals surface area contributed by atoms with Crippen molar-refractivity contribution in [1.29, 1.82) is 0 Å². The molecule has 0 spiro atoms. The summed E-state index contributed by atoms with van der Waals surface area (Å²) < 4.78 is 0. The average molecular weight is 260 g/mol. The second-order valence-corrected chi connectivity index (χ2v) is 4.74. The lowest BCUT2D eigenvalue weighted by Crippen LogP contribution is -2.58.